The number of halogens is 2. The third-order valence-corrected chi connectivity index (χ3v) is 5.64. The van der Waals surface area contributed by atoms with Gasteiger partial charge in [0.2, 0.25) is 9.84 Å². The second kappa shape index (κ2) is 7.95. The highest BCUT2D eigenvalue weighted by molar-refractivity contribution is 7.91. The van der Waals surface area contributed by atoms with Crippen LogP contribution in [0.25, 0.3) is 0 Å². The molecule has 10 heteroatoms. The second-order valence-electron chi connectivity index (χ2n) is 6.01. The van der Waals surface area contributed by atoms with Crippen LogP contribution in [0.2, 0.25) is 0 Å². The number of carbonyl (C=O) groups is 1. The van der Waals surface area contributed by atoms with E-state index in [1.807, 2.05) is 0 Å². The summed E-state index contributed by atoms with van der Waals surface area (Å²) < 4.78 is 49.2. The Hall–Kier alpha value is -2.62. The van der Waals surface area contributed by atoms with Gasteiger partial charge in [0.1, 0.15) is 11.6 Å². The van der Waals surface area contributed by atoms with Crippen LogP contribution in [-0.2, 0) is 16.4 Å². The van der Waals surface area contributed by atoms with Crippen LogP contribution in [0, 0.1) is 0 Å². The van der Waals surface area contributed by atoms with Gasteiger partial charge in [0.05, 0.1) is 17.0 Å². The summed E-state index contributed by atoms with van der Waals surface area (Å²) in [6.45, 7) is 1.76. The predicted molar refractivity (Wildman–Crippen MR) is 94.3 cm³/mol. The standard InChI is InChI=1S/C17H18F2N4O3S/c18-17(19)27(25,26)13-6-2-1-5-12(13)16(24)21-11-14-20-8-7-15(22-14)23-9-3-4-10-23/h1-2,5-8,17H,3-4,9-11H2,(H,21,24). The average molecular weight is 396 g/mol. The first kappa shape index (κ1) is 19.2. The lowest BCUT2D eigenvalue weighted by molar-refractivity contribution is 0.0946. The maximum atomic E-state index is 12.8. The fraction of sp³-hybridized carbons (Fsp3) is 0.353. The first-order valence-corrected chi connectivity index (χ1v) is 9.90. The van der Waals surface area contributed by atoms with Gasteiger partial charge in [0, 0.05) is 19.3 Å². The second-order valence-corrected chi connectivity index (χ2v) is 7.90. The van der Waals surface area contributed by atoms with Crippen molar-refractivity contribution in [3.8, 4) is 0 Å². The molecule has 1 aromatic heterocycles. The molecule has 144 valence electrons. The Morgan fingerprint density at radius 3 is 2.59 bits per heavy atom. The molecule has 1 saturated heterocycles. The average Bonchev–Trinajstić information content (AvgIpc) is 3.21. The third-order valence-electron chi connectivity index (χ3n) is 4.20. The van der Waals surface area contributed by atoms with Crippen molar-refractivity contribution in [2.45, 2.75) is 30.0 Å². The molecule has 0 spiro atoms. The number of nitrogens with zero attached hydrogens (tertiary/aromatic N) is 3. The fourth-order valence-electron chi connectivity index (χ4n) is 2.85. The van der Waals surface area contributed by atoms with Crippen molar-refractivity contribution in [3.05, 3.63) is 47.9 Å². The molecule has 2 heterocycles. The number of alkyl halides is 2. The van der Waals surface area contributed by atoms with Crippen LogP contribution in [0.1, 0.15) is 29.0 Å². The summed E-state index contributed by atoms with van der Waals surface area (Å²) >= 11 is 0. The fourth-order valence-corrected chi connectivity index (χ4v) is 3.78. The largest absolute Gasteiger partial charge is 0.357 e. The highest BCUT2D eigenvalue weighted by atomic mass is 32.2. The van der Waals surface area contributed by atoms with Crippen molar-refractivity contribution >= 4 is 21.6 Å². The number of aromatic nitrogens is 2. The van der Waals surface area contributed by atoms with Crippen LogP contribution in [-0.4, -0.2) is 43.1 Å². The number of nitrogens with one attached hydrogen (secondary N) is 1. The molecular weight excluding hydrogens is 378 g/mol. The lowest BCUT2D eigenvalue weighted by Gasteiger charge is -2.16. The summed E-state index contributed by atoms with van der Waals surface area (Å²) in [6, 6.07) is 6.65. The number of hydrogen-bond acceptors (Lipinski definition) is 6. The number of amides is 1. The topological polar surface area (TPSA) is 92.3 Å². The molecule has 0 bridgehead atoms. The molecule has 2 aromatic rings. The molecule has 3 rings (SSSR count). The molecule has 1 amide bonds. The number of sulfone groups is 1. The minimum atomic E-state index is -4.89. The molecule has 1 N–H and O–H groups in total. The molecule has 0 saturated carbocycles. The summed E-state index contributed by atoms with van der Waals surface area (Å²) in [4.78, 5) is 22.2. The number of carbonyl (C=O) groups excluding carboxylic acids is 1. The van der Waals surface area contributed by atoms with Crippen molar-refractivity contribution in [1.82, 2.24) is 15.3 Å². The van der Waals surface area contributed by atoms with E-state index in [-0.39, 0.29) is 12.1 Å². The molecule has 0 aliphatic carbocycles. The Bertz CT molecular complexity index is 931. The van der Waals surface area contributed by atoms with Crippen LogP contribution < -0.4 is 10.2 Å². The van der Waals surface area contributed by atoms with E-state index in [0.717, 1.165) is 37.8 Å². The summed E-state index contributed by atoms with van der Waals surface area (Å²) in [7, 11) is -4.89. The van der Waals surface area contributed by atoms with Gasteiger partial charge in [-0.25, -0.2) is 18.4 Å². The van der Waals surface area contributed by atoms with Crippen molar-refractivity contribution in [3.63, 3.8) is 0 Å². The number of anilines is 1. The Morgan fingerprint density at radius 1 is 1.19 bits per heavy atom. The predicted octanol–water partition coefficient (Wildman–Crippen LogP) is 2.00. The summed E-state index contributed by atoms with van der Waals surface area (Å²) in [5.41, 5.74) is -0.339. The van der Waals surface area contributed by atoms with E-state index in [2.05, 4.69) is 20.2 Å². The number of benzene rings is 1. The highest BCUT2D eigenvalue weighted by Crippen LogP contribution is 2.22. The van der Waals surface area contributed by atoms with Crippen molar-refractivity contribution in [1.29, 1.82) is 0 Å². The lowest BCUT2D eigenvalue weighted by Crippen LogP contribution is -2.27. The zero-order valence-electron chi connectivity index (χ0n) is 14.3. The van der Waals surface area contributed by atoms with E-state index < -0.39 is 26.4 Å². The molecule has 0 atom stereocenters. The maximum absolute atomic E-state index is 12.8. The van der Waals surface area contributed by atoms with E-state index in [1.54, 1.807) is 12.3 Å². The van der Waals surface area contributed by atoms with Gasteiger partial charge < -0.3 is 10.2 Å². The Balaban J connectivity index is 1.75. The molecule has 1 aliphatic rings. The molecule has 1 aliphatic heterocycles. The van der Waals surface area contributed by atoms with Gasteiger partial charge in [-0.15, -0.1) is 0 Å². The smallest absolute Gasteiger partial charge is 0.341 e. The SMILES string of the molecule is O=C(NCc1nccc(N2CCCC2)n1)c1ccccc1S(=O)(=O)C(F)F. The maximum Gasteiger partial charge on any atom is 0.341 e. The van der Waals surface area contributed by atoms with Crippen LogP contribution in [0.5, 0.6) is 0 Å². The van der Waals surface area contributed by atoms with Gasteiger partial charge in [0.25, 0.3) is 5.91 Å². The molecule has 0 unspecified atom stereocenters. The van der Waals surface area contributed by atoms with Crippen molar-refractivity contribution < 1.29 is 22.0 Å². The van der Waals surface area contributed by atoms with E-state index in [1.165, 1.54) is 18.2 Å². The van der Waals surface area contributed by atoms with E-state index in [0.29, 0.717) is 5.82 Å². The number of hydrogen-bond donors (Lipinski definition) is 1. The quantitative estimate of drug-likeness (QED) is 0.803. The van der Waals surface area contributed by atoms with E-state index in [4.69, 9.17) is 0 Å². The van der Waals surface area contributed by atoms with E-state index in [9.17, 15) is 22.0 Å². The van der Waals surface area contributed by atoms with Crippen molar-refractivity contribution in [2.75, 3.05) is 18.0 Å². The number of rotatable bonds is 6. The molecule has 7 nitrogen and oxygen atoms in total. The zero-order valence-corrected chi connectivity index (χ0v) is 15.1. The highest BCUT2D eigenvalue weighted by Gasteiger charge is 2.30. The molecule has 1 fully saturated rings. The Kier molecular flexibility index (Phi) is 5.64. The minimum absolute atomic E-state index is 0.0520. The summed E-state index contributed by atoms with van der Waals surface area (Å²) in [6.07, 6.45) is 3.76. The van der Waals surface area contributed by atoms with Gasteiger partial charge in [0.15, 0.2) is 0 Å². The summed E-state index contributed by atoms with van der Waals surface area (Å²) in [5, 5.41) is 2.49. The molecule has 0 radical (unpaired) electrons. The Labute approximate surface area is 155 Å². The van der Waals surface area contributed by atoms with Gasteiger partial charge >= 0.3 is 5.76 Å². The minimum Gasteiger partial charge on any atom is -0.357 e. The first-order valence-electron chi connectivity index (χ1n) is 8.36. The normalized spacial score (nSPS) is 14.6. The van der Waals surface area contributed by atoms with Gasteiger partial charge in [-0.3, -0.25) is 4.79 Å². The molecule has 1 aromatic carbocycles. The van der Waals surface area contributed by atoms with Crippen LogP contribution in [0.15, 0.2) is 41.4 Å². The monoisotopic (exact) mass is 396 g/mol. The van der Waals surface area contributed by atoms with Crippen LogP contribution >= 0.6 is 0 Å². The van der Waals surface area contributed by atoms with Gasteiger partial charge in [-0.2, -0.15) is 8.78 Å². The first-order chi connectivity index (χ1) is 12.9. The van der Waals surface area contributed by atoms with Gasteiger partial charge in [-0.1, -0.05) is 12.1 Å². The lowest BCUT2D eigenvalue weighted by atomic mass is 10.2. The van der Waals surface area contributed by atoms with Crippen molar-refractivity contribution in [2.24, 2.45) is 0 Å². The summed E-state index contributed by atoms with van der Waals surface area (Å²) in [5.74, 6) is -3.29. The van der Waals surface area contributed by atoms with Crippen LogP contribution in [0.4, 0.5) is 14.6 Å². The molecular formula is C17H18F2N4O3S. The van der Waals surface area contributed by atoms with Gasteiger partial charge in [-0.05, 0) is 31.0 Å². The van der Waals surface area contributed by atoms with Crippen LogP contribution in [0.3, 0.4) is 0 Å². The van der Waals surface area contributed by atoms with E-state index >= 15 is 0 Å². The Morgan fingerprint density at radius 2 is 1.89 bits per heavy atom. The zero-order chi connectivity index (χ0) is 19.4. The third kappa shape index (κ3) is 4.21. The molecule has 27 heavy (non-hydrogen) atoms.